The van der Waals surface area contributed by atoms with Crippen molar-refractivity contribution in [2.75, 3.05) is 45.8 Å². The largest absolute Gasteiger partial charge is 0.340 e. The van der Waals surface area contributed by atoms with E-state index < -0.39 is 0 Å². The zero-order valence-corrected chi connectivity index (χ0v) is 14.2. The summed E-state index contributed by atoms with van der Waals surface area (Å²) in [5.41, 5.74) is 0. The molecule has 1 N–H and O–H groups in total. The first-order chi connectivity index (χ1) is 10.7. The van der Waals surface area contributed by atoms with E-state index >= 15 is 0 Å². The summed E-state index contributed by atoms with van der Waals surface area (Å²) in [6, 6.07) is 0. The first kappa shape index (κ1) is 16.3. The number of nitrogens with zero attached hydrogens (tertiary/aromatic N) is 2. The second kappa shape index (κ2) is 7.78. The number of rotatable bonds is 3. The van der Waals surface area contributed by atoms with Gasteiger partial charge in [0.05, 0.1) is 5.92 Å². The molecule has 0 radical (unpaired) electrons. The second-order valence-corrected chi connectivity index (χ2v) is 7.81. The maximum atomic E-state index is 12.7. The van der Waals surface area contributed by atoms with Gasteiger partial charge in [0.1, 0.15) is 0 Å². The number of amides is 1. The normalized spacial score (nSPS) is 34.6. The molecule has 2 aliphatic heterocycles. The van der Waals surface area contributed by atoms with Gasteiger partial charge in [0.15, 0.2) is 0 Å². The number of hydrogen-bond acceptors (Lipinski definition) is 3. The van der Waals surface area contributed by atoms with Crippen LogP contribution in [0.5, 0.6) is 0 Å². The summed E-state index contributed by atoms with van der Waals surface area (Å²) in [4.78, 5) is 17.4. The monoisotopic (exact) mass is 307 g/mol. The predicted molar refractivity (Wildman–Crippen MR) is 89.7 cm³/mol. The van der Waals surface area contributed by atoms with Gasteiger partial charge in [0, 0.05) is 39.3 Å². The lowest BCUT2D eigenvalue weighted by atomic mass is 9.82. The molecule has 1 amide bonds. The molecule has 0 aromatic carbocycles. The molecule has 4 heteroatoms. The molecule has 0 spiro atoms. The Morgan fingerprint density at radius 3 is 2.68 bits per heavy atom. The molecule has 2 saturated heterocycles. The Hall–Kier alpha value is -0.610. The molecule has 22 heavy (non-hydrogen) atoms. The van der Waals surface area contributed by atoms with E-state index in [0.29, 0.717) is 5.91 Å². The van der Waals surface area contributed by atoms with E-state index in [0.717, 1.165) is 51.0 Å². The van der Waals surface area contributed by atoms with Gasteiger partial charge in [-0.15, -0.1) is 0 Å². The van der Waals surface area contributed by atoms with Crippen molar-refractivity contribution in [2.24, 2.45) is 17.8 Å². The van der Waals surface area contributed by atoms with Crippen molar-refractivity contribution in [3.63, 3.8) is 0 Å². The van der Waals surface area contributed by atoms with E-state index in [9.17, 15) is 4.79 Å². The highest BCUT2D eigenvalue weighted by molar-refractivity contribution is 5.79. The second-order valence-electron chi connectivity index (χ2n) is 7.81. The highest BCUT2D eigenvalue weighted by Gasteiger charge is 2.31. The molecule has 0 aromatic rings. The highest BCUT2D eigenvalue weighted by Crippen LogP contribution is 2.30. The molecular formula is C18H33N3O. The maximum absolute atomic E-state index is 12.7. The number of piperidine rings is 1. The zero-order valence-electron chi connectivity index (χ0n) is 14.2. The Balaban J connectivity index is 1.49. The summed E-state index contributed by atoms with van der Waals surface area (Å²) in [7, 11) is 0. The van der Waals surface area contributed by atoms with Crippen LogP contribution in [0.1, 0.15) is 45.4 Å². The smallest absolute Gasteiger partial charge is 0.227 e. The van der Waals surface area contributed by atoms with Gasteiger partial charge < -0.3 is 15.1 Å². The average molecular weight is 307 g/mol. The van der Waals surface area contributed by atoms with Gasteiger partial charge in [-0.2, -0.15) is 0 Å². The van der Waals surface area contributed by atoms with E-state index in [1.807, 2.05) is 0 Å². The van der Waals surface area contributed by atoms with Gasteiger partial charge in [0.2, 0.25) is 5.91 Å². The summed E-state index contributed by atoms with van der Waals surface area (Å²) >= 11 is 0. The van der Waals surface area contributed by atoms with E-state index in [1.165, 1.54) is 45.2 Å². The lowest BCUT2D eigenvalue weighted by Crippen LogP contribution is -2.51. The van der Waals surface area contributed by atoms with Crippen molar-refractivity contribution in [1.82, 2.24) is 15.1 Å². The number of carbonyl (C=O) groups is 1. The molecular weight excluding hydrogens is 274 g/mol. The molecule has 3 unspecified atom stereocenters. The van der Waals surface area contributed by atoms with Gasteiger partial charge in [-0.05, 0) is 44.1 Å². The number of hydrogen-bond donors (Lipinski definition) is 1. The van der Waals surface area contributed by atoms with Crippen molar-refractivity contribution >= 4 is 5.91 Å². The third-order valence-electron chi connectivity index (χ3n) is 5.84. The topological polar surface area (TPSA) is 35.6 Å². The van der Waals surface area contributed by atoms with E-state index in [4.69, 9.17) is 0 Å². The first-order valence-corrected chi connectivity index (χ1v) is 9.44. The Labute approximate surface area is 135 Å². The van der Waals surface area contributed by atoms with Crippen LogP contribution in [0.3, 0.4) is 0 Å². The third-order valence-corrected chi connectivity index (χ3v) is 5.84. The molecule has 0 bridgehead atoms. The van der Waals surface area contributed by atoms with Crippen molar-refractivity contribution in [2.45, 2.75) is 45.4 Å². The van der Waals surface area contributed by atoms with Crippen molar-refractivity contribution < 1.29 is 4.79 Å². The molecule has 1 aliphatic carbocycles. The fourth-order valence-corrected chi connectivity index (χ4v) is 4.66. The first-order valence-electron chi connectivity index (χ1n) is 9.44. The molecule has 4 nitrogen and oxygen atoms in total. The summed E-state index contributed by atoms with van der Waals surface area (Å²) in [5, 5.41) is 3.34. The van der Waals surface area contributed by atoms with Crippen LogP contribution in [0.2, 0.25) is 0 Å². The number of piperazine rings is 1. The van der Waals surface area contributed by atoms with Gasteiger partial charge in [-0.1, -0.05) is 19.8 Å². The molecule has 2 heterocycles. The molecule has 126 valence electrons. The number of nitrogens with one attached hydrogen (secondary N) is 1. The SMILES string of the molecule is CC1CCCC(CN2CCCC(C(=O)N3CCNCC3)C2)C1. The Bertz CT molecular complexity index is 367. The zero-order chi connectivity index (χ0) is 15.4. The van der Waals surface area contributed by atoms with Crippen LogP contribution >= 0.6 is 0 Å². The predicted octanol–water partition coefficient (Wildman–Crippen LogP) is 1.96. The van der Waals surface area contributed by atoms with Crippen LogP contribution in [-0.4, -0.2) is 61.5 Å². The number of likely N-dealkylation sites (tertiary alicyclic amines) is 1. The Kier molecular flexibility index (Phi) is 5.75. The lowest BCUT2D eigenvalue weighted by Gasteiger charge is -2.38. The lowest BCUT2D eigenvalue weighted by molar-refractivity contribution is -0.138. The third kappa shape index (κ3) is 4.23. The molecule has 3 fully saturated rings. The van der Waals surface area contributed by atoms with E-state index in [2.05, 4.69) is 22.0 Å². The van der Waals surface area contributed by atoms with Crippen LogP contribution in [0.15, 0.2) is 0 Å². The fourth-order valence-electron chi connectivity index (χ4n) is 4.66. The maximum Gasteiger partial charge on any atom is 0.227 e. The highest BCUT2D eigenvalue weighted by atomic mass is 16.2. The number of carbonyl (C=O) groups excluding carboxylic acids is 1. The minimum atomic E-state index is 0.257. The Morgan fingerprint density at radius 2 is 1.91 bits per heavy atom. The molecule has 3 aliphatic rings. The molecule has 3 atom stereocenters. The summed E-state index contributed by atoms with van der Waals surface area (Å²) < 4.78 is 0. The minimum Gasteiger partial charge on any atom is -0.340 e. The van der Waals surface area contributed by atoms with Crippen molar-refractivity contribution in [3.8, 4) is 0 Å². The average Bonchev–Trinajstić information content (AvgIpc) is 2.55. The van der Waals surface area contributed by atoms with E-state index in [-0.39, 0.29) is 5.92 Å². The standard InChI is InChI=1S/C18H33N3O/c1-15-4-2-5-16(12-15)13-20-9-3-6-17(14-20)18(22)21-10-7-19-8-11-21/h15-17,19H,2-14H2,1H3. The van der Waals surface area contributed by atoms with Crippen LogP contribution in [-0.2, 0) is 4.79 Å². The van der Waals surface area contributed by atoms with Gasteiger partial charge >= 0.3 is 0 Å². The summed E-state index contributed by atoms with van der Waals surface area (Å²) in [5.74, 6) is 2.45. The molecule has 1 saturated carbocycles. The van der Waals surface area contributed by atoms with Crippen LogP contribution in [0.4, 0.5) is 0 Å². The van der Waals surface area contributed by atoms with Crippen molar-refractivity contribution in [3.05, 3.63) is 0 Å². The minimum absolute atomic E-state index is 0.257. The van der Waals surface area contributed by atoms with Crippen LogP contribution < -0.4 is 5.32 Å². The Morgan fingerprint density at radius 1 is 1.09 bits per heavy atom. The molecule has 0 aromatic heterocycles. The van der Waals surface area contributed by atoms with Gasteiger partial charge in [0.25, 0.3) is 0 Å². The van der Waals surface area contributed by atoms with Gasteiger partial charge in [-0.3, -0.25) is 4.79 Å². The van der Waals surface area contributed by atoms with Gasteiger partial charge in [-0.25, -0.2) is 0 Å². The van der Waals surface area contributed by atoms with E-state index in [1.54, 1.807) is 0 Å². The van der Waals surface area contributed by atoms with Crippen LogP contribution in [0.25, 0.3) is 0 Å². The van der Waals surface area contributed by atoms with Crippen molar-refractivity contribution in [1.29, 1.82) is 0 Å². The molecule has 3 rings (SSSR count). The summed E-state index contributed by atoms with van der Waals surface area (Å²) in [6.07, 6.45) is 7.92. The summed E-state index contributed by atoms with van der Waals surface area (Å²) in [6.45, 7) is 9.56. The van der Waals surface area contributed by atoms with Crippen LogP contribution in [0, 0.1) is 17.8 Å². The quantitative estimate of drug-likeness (QED) is 0.866. The fraction of sp³-hybridized carbons (Fsp3) is 0.944.